The quantitative estimate of drug-likeness (QED) is 0.108. The Bertz CT molecular complexity index is 867. The molecular weight excluding hydrogens is 496 g/mol. The maximum absolute atomic E-state index is 12.7. The molecule has 16 heteroatoms. The standard InChI is InChI=1S/C21H36N6O10/c1-9(17(32)26-16(11(3)30)21(36)37)24-19(34)13-5-4-6-27(13)14(31)7-23-18(33)12(8-28)25-20(35)15(22)10(2)29/h9-13,15-16,28-30H,4-8,22H2,1-3H3,(H,23,33)(H,24,34)(H,25,35)(H,26,32)(H,36,37)/t9-,10+,11+,12-,13-,15-,16-/m0/s1. The van der Waals surface area contributed by atoms with Gasteiger partial charge in [-0.3, -0.25) is 24.0 Å². The Hall–Kier alpha value is -3.34. The second-order valence-electron chi connectivity index (χ2n) is 8.77. The number of carbonyl (C=O) groups is 6. The van der Waals surface area contributed by atoms with E-state index in [0.29, 0.717) is 6.42 Å². The number of nitrogens with two attached hydrogens (primary N) is 1. The molecule has 37 heavy (non-hydrogen) atoms. The highest BCUT2D eigenvalue weighted by atomic mass is 16.4. The third kappa shape index (κ3) is 9.23. The highest BCUT2D eigenvalue weighted by molar-refractivity contribution is 5.95. The second kappa shape index (κ2) is 14.4. The molecular formula is C21H36N6O10. The zero-order valence-electron chi connectivity index (χ0n) is 20.8. The largest absolute Gasteiger partial charge is 0.480 e. The van der Waals surface area contributed by atoms with Crippen LogP contribution in [0.2, 0.25) is 0 Å². The molecule has 1 aliphatic heterocycles. The Kier molecular flexibility index (Phi) is 12.3. The second-order valence-corrected chi connectivity index (χ2v) is 8.77. The summed E-state index contributed by atoms with van der Waals surface area (Å²) in [6.07, 6.45) is -1.84. The van der Waals surface area contributed by atoms with Gasteiger partial charge in [0.2, 0.25) is 29.5 Å². The molecule has 0 radical (unpaired) electrons. The van der Waals surface area contributed by atoms with Crippen LogP contribution in [-0.4, -0.2) is 123 Å². The predicted molar refractivity (Wildman–Crippen MR) is 125 cm³/mol. The number of amides is 5. The number of nitrogens with one attached hydrogen (secondary N) is 4. The molecule has 210 valence electrons. The molecule has 0 saturated carbocycles. The SMILES string of the molecule is C[C@H](NC(=O)[C@@H]1CCCN1C(=O)CNC(=O)[C@H](CO)NC(=O)[C@@H](N)[C@@H](C)O)C(=O)N[C@H](C(=O)O)[C@@H](C)O. The van der Waals surface area contributed by atoms with E-state index < -0.39 is 91.1 Å². The summed E-state index contributed by atoms with van der Waals surface area (Å²) in [5.74, 6) is -5.38. The van der Waals surface area contributed by atoms with Crippen LogP contribution >= 0.6 is 0 Å². The normalized spacial score (nSPS) is 20.0. The minimum atomic E-state index is -1.57. The van der Waals surface area contributed by atoms with Gasteiger partial charge in [0.15, 0.2) is 6.04 Å². The number of nitrogens with zero attached hydrogens (tertiary/aromatic N) is 1. The zero-order valence-corrected chi connectivity index (χ0v) is 20.8. The molecule has 16 nitrogen and oxygen atoms in total. The van der Waals surface area contributed by atoms with Gasteiger partial charge in [0.1, 0.15) is 24.2 Å². The third-order valence-electron chi connectivity index (χ3n) is 5.73. The number of rotatable bonds is 13. The predicted octanol–water partition coefficient (Wildman–Crippen LogP) is -5.27. The molecule has 0 unspecified atom stereocenters. The first-order chi connectivity index (χ1) is 17.2. The molecule has 0 aromatic carbocycles. The summed E-state index contributed by atoms with van der Waals surface area (Å²) >= 11 is 0. The molecule has 0 aromatic rings. The maximum atomic E-state index is 12.7. The van der Waals surface area contributed by atoms with Crippen molar-refractivity contribution in [3.05, 3.63) is 0 Å². The van der Waals surface area contributed by atoms with Crippen LogP contribution in [-0.2, 0) is 28.8 Å². The lowest BCUT2D eigenvalue weighted by atomic mass is 10.1. The van der Waals surface area contributed by atoms with Gasteiger partial charge < -0.3 is 52.3 Å². The Morgan fingerprint density at radius 2 is 1.57 bits per heavy atom. The van der Waals surface area contributed by atoms with E-state index in [1.54, 1.807) is 0 Å². The molecule has 1 fully saturated rings. The van der Waals surface area contributed by atoms with Crippen LogP contribution in [0, 0.1) is 0 Å². The van der Waals surface area contributed by atoms with E-state index in [9.17, 15) is 44.1 Å². The van der Waals surface area contributed by atoms with E-state index in [2.05, 4.69) is 21.3 Å². The van der Waals surface area contributed by atoms with Gasteiger partial charge in [0, 0.05) is 6.54 Å². The number of hydrogen-bond acceptors (Lipinski definition) is 10. The van der Waals surface area contributed by atoms with Gasteiger partial charge in [-0.05, 0) is 33.6 Å². The Labute approximate surface area is 212 Å². The molecule has 7 atom stereocenters. The minimum Gasteiger partial charge on any atom is -0.480 e. The van der Waals surface area contributed by atoms with Gasteiger partial charge in [-0.2, -0.15) is 0 Å². The Balaban J connectivity index is 2.68. The molecule has 1 saturated heterocycles. The minimum absolute atomic E-state index is 0.194. The summed E-state index contributed by atoms with van der Waals surface area (Å²) in [5.41, 5.74) is 5.48. The fourth-order valence-electron chi connectivity index (χ4n) is 3.45. The first-order valence-electron chi connectivity index (χ1n) is 11.6. The molecule has 0 aliphatic carbocycles. The number of likely N-dealkylation sites (tertiary alicyclic amines) is 1. The summed E-state index contributed by atoms with van der Waals surface area (Å²) in [6.45, 7) is 2.61. The molecule has 1 rings (SSSR count). The van der Waals surface area contributed by atoms with Crippen LogP contribution in [0.3, 0.4) is 0 Å². The average Bonchev–Trinajstić information content (AvgIpc) is 3.32. The van der Waals surface area contributed by atoms with Crippen molar-refractivity contribution in [2.45, 2.75) is 76.0 Å². The van der Waals surface area contributed by atoms with E-state index in [-0.39, 0.29) is 13.0 Å². The Morgan fingerprint density at radius 3 is 2.08 bits per heavy atom. The van der Waals surface area contributed by atoms with Crippen molar-refractivity contribution in [1.29, 1.82) is 0 Å². The lowest BCUT2D eigenvalue weighted by Crippen LogP contribution is -2.57. The molecule has 0 bridgehead atoms. The van der Waals surface area contributed by atoms with E-state index >= 15 is 0 Å². The van der Waals surface area contributed by atoms with Crippen LogP contribution in [0.1, 0.15) is 33.6 Å². The monoisotopic (exact) mass is 532 g/mol. The summed E-state index contributed by atoms with van der Waals surface area (Å²) in [4.78, 5) is 74.2. The topological polar surface area (TPSA) is 261 Å². The van der Waals surface area contributed by atoms with E-state index in [0.717, 1.165) is 0 Å². The first-order valence-corrected chi connectivity index (χ1v) is 11.6. The molecule has 1 heterocycles. The summed E-state index contributed by atoms with van der Waals surface area (Å²) in [7, 11) is 0. The van der Waals surface area contributed by atoms with Gasteiger partial charge in [-0.1, -0.05) is 0 Å². The third-order valence-corrected chi connectivity index (χ3v) is 5.73. The number of carboxylic acids is 1. The van der Waals surface area contributed by atoms with Crippen LogP contribution in [0.25, 0.3) is 0 Å². The van der Waals surface area contributed by atoms with Crippen LogP contribution in [0.15, 0.2) is 0 Å². The van der Waals surface area contributed by atoms with Crippen molar-refractivity contribution in [2.75, 3.05) is 19.7 Å². The fourth-order valence-corrected chi connectivity index (χ4v) is 3.45. The number of carboxylic acid groups (broad SMARTS) is 1. The Morgan fingerprint density at radius 1 is 0.946 bits per heavy atom. The molecule has 0 aromatic heterocycles. The smallest absolute Gasteiger partial charge is 0.328 e. The van der Waals surface area contributed by atoms with Crippen LogP contribution in [0.5, 0.6) is 0 Å². The molecule has 10 N–H and O–H groups in total. The highest BCUT2D eigenvalue weighted by Crippen LogP contribution is 2.17. The van der Waals surface area contributed by atoms with Crippen molar-refractivity contribution < 1.29 is 49.2 Å². The lowest BCUT2D eigenvalue weighted by molar-refractivity contribution is -0.145. The zero-order chi connectivity index (χ0) is 28.4. The summed E-state index contributed by atoms with van der Waals surface area (Å²) < 4.78 is 0. The number of aliphatic hydroxyl groups excluding tert-OH is 3. The fraction of sp³-hybridized carbons (Fsp3) is 0.714. The lowest BCUT2D eigenvalue weighted by Gasteiger charge is -2.26. The van der Waals surface area contributed by atoms with E-state index in [1.165, 1.54) is 25.7 Å². The van der Waals surface area contributed by atoms with Gasteiger partial charge in [0.05, 0.1) is 25.4 Å². The molecule has 0 spiro atoms. The van der Waals surface area contributed by atoms with Crippen molar-refractivity contribution in [1.82, 2.24) is 26.2 Å². The number of aliphatic hydroxyl groups is 3. The van der Waals surface area contributed by atoms with Gasteiger partial charge in [0.25, 0.3) is 0 Å². The van der Waals surface area contributed by atoms with E-state index in [1.807, 2.05) is 0 Å². The molecule has 1 aliphatic rings. The van der Waals surface area contributed by atoms with Gasteiger partial charge in [-0.25, -0.2) is 4.79 Å². The van der Waals surface area contributed by atoms with Gasteiger partial charge in [-0.15, -0.1) is 0 Å². The van der Waals surface area contributed by atoms with Gasteiger partial charge >= 0.3 is 5.97 Å². The number of hydrogen-bond donors (Lipinski definition) is 9. The number of carbonyl (C=O) groups excluding carboxylic acids is 5. The van der Waals surface area contributed by atoms with Crippen molar-refractivity contribution in [3.8, 4) is 0 Å². The van der Waals surface area contributed by atoms with Crippen LogP contribution < -0.4 is 27.0 Å². The average molecular weight is 533 g/mol. The first kappa shape index (κ1) is 31.7. The summed E-state index contributed by atoms with van der Waals surface area (Å²) in [5, 5.41) is 46.3. The van der Waals surface area contributed by atoms with Crippen LogP contribution in [0.4, 0.5) is 0 Å². The highest BCUT2D eigenvalue weighted by Gasteiger charge is 2.36. The van der Waals surface area contributed by atoms with Crippen molar-refractivity contribution in [3.63, 3.8) is 0 Å². The van der Waals surface area contributed by atoms with Crippen molar-refractivity contribution >= 4 is 35.5 Å². The number of aliphatic carboxylic acids is 1. The van der Waals surface area contributed by atoms with Crippen molar-refractivity contribution in [2.24, 2.45) is 5.73 Å². The van der Waals surface area contributed by atoms with E-state index in [4.69, 9.17) is 10.8 Å². The molecule has 5 amide bonds. The maximum Gasteiger partial charge on any atom is 0.328 e. The summed E-state index contributed by atoms with van der Waals surface area (Å²) in [6, 6.07) is -6.47.